The van der Waals surface area contributed by atoms with Crippen molar-refractivity contribution in [2.24, 2.45) is 0 Å². The predicted octanol–water partition coefficient (Wildman–Crippen LogP) is 1.51. The summed E-state index contributed by atoms with van der Waals surface area (Å²) in [5.41, 5.74) is 0.543. The lowest BCUT2D eigenvalue weighted by atomic mass is 10.2. The Kier molecular flexibility index (Phi) is 3.64. The van der Waals surface area contributed by atoms with Gasteiger partial charge in [-0.05, 0) is 26.6 Å². The van der Waals surface area contributed by atoms with Crippen LogP contribution in [0.15, 0.2) is 18.5 Å². The number of hydrogen-bond donors (Lipinski definition) is 0. The van der Waals surface area contributed by atoms with Gasteiger partial charge in [-0.1, -0.05) is 11.6 Å². The molecule has 0 spiro atoms. The summed E-state index contributed by atoms with van der Waals surface area (Å²) in [4.78, 5) is 20.1. The zero-order valence-corrected chi connectivity index (χ0v) is 10.8. The summed E-state index contributed by atoms with van der Waals surface area (Å²) in [6.07, 6.45) is 4.12. The highest BCUT2D eigenvalue weighted by Crippen LogP contribution is 2.20. The van der Waals surface area contributed by atoms with Gasteiger partial charge in [0, 0.05) is 31.5 Å². The van der Waals surface area contributed by atoms with Crippen molar-refractivity contribution in [2.75, 3.05) is 27.2 Å². The molecule has 0 saturated carbocycles. The number of carbonyl (C=O) groups is 1. The molecule has 1 aromatic rings. The number of hydrogen-bond acceptors (Lipinski definition) is 3. The van der Waals surface area contributed by atoms with Crippen molar-refractivity contribution in [2.45, 2.75) is 12.5 Å². The van der Waals surface area contributed by atoms with Gasteiger partial charge in [-0.25, -0.2) is 0 Å². The number of rotatable bonds is 2. The third kappa shape index (κ3) is 2.58. The summed E-state index contributed by atoms with van der Waals surface area (Å²) in [6.45, 7) is 1.56. The van der Waals surface area contributed by atoms with E-state index < -0.39 is 0 Å². The quantitative estimate of drug-likeness (QED) is 0.802. The summed E-state index contributed by atoms with van der Waals surface area (Å²) in [5, 5.41) is 0.422. The Balaban J connectivity index is 2.10. The Bertz CT molecular complexity index is 422. The molecule has 4 nitrogen and oxygen atoms in total. The molecule has 1 saturated heterocycles. The van der Waals surface area contributed by atoms with E-state index in [0.29, 0.717) is 16.6 Å². The summed E-state index contributed by atoms with van der Waals surface area (Å²) >= 11 is 5.98. The van der Waals surface area contributed by atoms with E-state index in [-0.39, 0.29) is 5.91 Å². The Hall–Kier alpha value is -1.13. The third-order valence-corrected chi connectivity index (χ3v) is 3.48. The van der Waals surface area contributed by atoms with E-state index >= 15 is 0 Å². The minimum absolute atomic E-state index is 0.00162. The molecule has 1 aliphatic rings. The standard InChI is InChI=1S/C12H16ClN3O/c1-15(2)9-4-6-16(8-9)12(17)10-3-5-14-7-11(10)13/h3,5,7,9H,4,6,8H2,1-2H3. The molecule has 2 rings (SSSR count). The fourth-order valence-electron chi connectivity index (χ4n) is 2.07. The molecule has 17 heavy (non-hydrogen) atoms. The first kappa shape index (κ1) is 12.3. The van der Waals surface area contributed by atoms with Gasteiger partial charge in [-0.3, -0.25) is 9.78 Å². The first-order valence-electron chi connectivity index (χ1n) is 5.65. The van der Waals surface area contributed by atoms with Crippen molar-refractivity contribution in [3.05, 3.63) is 29.0 Å². The molecule has 5 heteroatoms. The topological polar surface area (TPSA) is 36.4 Å². The molecule has 0 radical (unpaired) electrons. The Labute approximate surface area is 106 Å². The van der Waals surface area contributed by atoms with Crippen molar-refractivity contribution in [3.8, 4) is 0 Å². The molecule has 0 aliphatic carbocycles. The number of likely N-dealkylation sites (tertiary alicyclic amines) is 1. The van der Waals surface area contributed by atoms with E-state index in [1.807, 2.05) is 19.0 Å². The van der Waals surface area contributed by atoms with Crippen molar-refractivity contribution in [1.29, 1.82) is 0 Å². The van der Waals surface area contributed by atoms with Crippen LogP contribution in [0.1, 0.15) is 16.8 Å². The second kappa shape index (κ2) is 5.02. The minimum Gasteiger partial charge on any atom is -0.337 e. The fraction of sp³-hybridized carbons (Fsp3) is 0.500. The fourth-order valence-corrected chi connectivity index (χ4v) is 2.27. The van der Waals surface area contributed by atoms with Crippen LogP contribution in [0.3, 0.4) is 0 Å². The zero-order chi connectivity index (χ0) is 12.4. The van der Waals surface area contributed by atoms with E-state index in [0.717, 1.165) is 19.5 Å². The highest BCUT2D eigenvalue weighted by molar-refractivity contribution is 6.33. The molecule has 1 atom stereocenters. The van der Waals surface area contributed by atoms with Crippen molar-refractivity contribution < 1.29 is 4.79 Å². The van der Waals surface area contributed by atoms with Crippen LogP contribution >= 0.6 is 11.6 Å². The van der Waals surface area contributed by atoms with E-state index in [1.165, 1.54) is 6.20 Å². The zero-order valence-electron chi connectivity index (χ0n) is 10.1. The summed E-state index contributed by atoms with van der Waals surface area (Å²) in [7, 11) is 4.08. The number of nitrogens with zero attached hydrogens (tertiary/aromatic N) is 3. The maximum Gasteiger partial charge on any atom is 0.255 e. The van der Waals surface area contributed by atoms with Crippen LogP contribution < -0.4 is 0 Å². The minimum atomic E-state index is 0.00162. The summed E-state index contributed by atoms with van der Waals surface area (Å²) in [6, 6.07) is 2.12. The van der Waals surface area contributed by atoms with E-state index in [1.54, 1.807) is 12.3 Å². The molecule has 1 unspecified atom stereocenters. The average Bonchev–Trinajstić information content (AvgIpc) is 2.78. The van der Waals surface area contributed by atoms with Crippen LogP contribution in [-0.4, -0.2) is 53.9 Å². The molecule has 0 bridgehead atoms. The molecule has 1 fully saturated rings. The highest BCUT2D eigenvalue weighted by Gasteiger charge is 2.28. The van der Waals surface area contributed by atoms with Crippen molar-refractivity contribution in [1.82, 2.24) is 14.8 Å². The van der Waals surface area contributed by atoms with Gasteiger partial charge in [0.05, 0.1) is 10.6 Å². The van der Waals surface area contributed by atoms with Crippen LogP contribution in [0.2, 0.25) is 5.02 Å². The molecule has 1 amide bonds. The second-order valence-electron chi connectivity index (χ2n) is 4.51. The van der Waals surface area contributed by atoms with Gasteiger partial charge >= 0.3 is 0 Å². The molecule has 0 aromatic carbocycles. The lowest BCUT2D eigenvalue weighted by Gasteiger charge is -2.20. The molecule has 2 heterocycles. The van der Waals surface area contributed by atoms with Gasteiger partial charge in [-0.15, -0.1) is 0 Å². The molecule has 1 aliphatic heterocycles. The number of likely N-dealkylation sites (N-methyl/N-ethyl adjacent to an activating group) is 1. The molecule has 0 N–H and O–H groups in total. The van der Waals surface area contributed by atoms with Crippen molar-refractivity contribution >= 4 is 17.5 Å². The highest BCUT2D eigenvalue weighted by atomic mass is 35.5. The van der Waals surface area contributed by atoms with Gasteiger partial charge < -0.3 is 9.80 Å². The maximum absolute atomic E-state index is 12.2. The Morgan fingerprint density at radius 3 is 2.94 bits per heavy atom. The van der Waals surface area contributed by atoms with E-state index in [2.05, 4.69) is 9.88 Å². The van der Waals surface area contributed by atoms with E-state index in [9.17, 15) is 4.79 Å². The van der Waals surface area contributed by atoms with Gasteiger partial charge in [-0.2, -0.15) is 0 Å². The van der Waals surface area contributed by atoms with Gasteiger partial charge in [0.15, 0.2) is 0 Å². The first-order chi connectivity index (χ1) is 8.09. The maximum atomic E-state index is 12.2. The predicted molar refractivity (Wildman–Crippen MR) is 67.2 cm³/mol. The van der Waals surface area contributed by atoms with Crippen LogP contribution in [0.5, 0.6) is 0 Å². The second-order valence-corrected chi connectivity index (χ2v) is 4.92. The molecular formula is C12H16ClN3O. The Morgan fingerprint density at radius 1 is 1.59 bits per heavy atom. The van der Waals surface area contributed by atoms with Crippen LogP contribution in [0, 0.1) is 0 Å². The van der Waals surface area contributed by atoms with E-state index in [4.69, 9.17) is 11.6 Å². The number of amides is 1. The third-order valence-electron chi connectivity index (χ3n) is 3.18. The Morgan fingerprint density at radius 2 is 2.35 bits per heavy atom. The number of pyridine rings is 1. The smallest absolute Gasteiger partial charge is 0.255 e. The van der Waals surface area contributed by atoms with Gasteiger partial charge in [0.2, 0.25) is 0 Å². The number of aromatic nitrogens is 1. The molecule has 92 valence electrons. The summed E-state index contributed by atoms with van der Waals surface area (Å²) < 4.78 is 0. The largest absolute Gasteiger partial charge is 0.337 e. The lowest BCUT2D eigenvalue weighted by Crippen LogP contribution is -2.34. The van der Waals surface area contributed by atoms with Crippen LogP contribution in [-0.2, 0) is 0 Å². The first-order valence-corrected chi connectivity index (χ1v) is 6.02. The van der Waals surface area contributed by atoms with Crippen molar-refractivity contribution in [3.63, 3.8) is 0 Å². The lowest BCUT2D eigenvalue weighted by molar-refractivity contribution is 0.0783. The molecule has 1 aromatic heterocycles. The van der Waals surface area contributed by atoms with Gasteiger partial charge in [0.25, 0.3) is 5.91 Å². The van der Waals surface area contributed by atoms with Crippen LogP contribution in [0.25, 0.3) is 0 Å². The average molecular weight is 254 g/mol. The normalized spacial score (nSPS) is 20.0. The summed E-state index contributed by atoms with van der Waals surface area (Å²) in [5.74, 6) is 0.00162. The van der Waals surface area contributed by atoms with Crippen LogP contribution in [0.4, 0.5) is 0 Å². The SMILES string of the molecule is CN(C)C1CCN(C(=O)c2ccncc2Cl)C1. The molecular weight excluding hydrogens is 238 g/mol. The monoisotopic (exact) mass is 253 g/mol. The van der Waals surface area contributed by atoms with Gasteiger partial charge in [0.1, 0.15) is 0 Å². The number of carbonyl (C=O) groups excluding carboxylic acids is 1. The number of halogens is 1.